The molecule has 0 bridgehead atoms. The lowest BCUT2D eigenvalue weighted by Gasteiger charge is -2.21. The molecule has 0 radical (unpaired) electrons. The number of unbranched alkanes of at least 4 members (excludes halogenated alkanes) is 1. The van der Waals surface area contributed by atoms with Gasteiger partial charge < -0.3 is 14.2 Å². The fraction of sp³-hybridized carbons (Fsp3) is 0.360. The number of methoxy groups -OCH3 is 1. The summed E-state index contributed by atoms with van der Waals surface area (Å²) >= 11 is 0. The second-order valence-corrected chi connectivity index (χ2v) is 7.49. The van der Waals surface area contributed by atoms with Crippen molar-refractivity contribution in [2.24, 2.45) is 0 Å². The molecular formula is C25H29NO5. The van der Waals surface area contributed by atoms with Gasteiger partial charge in [-0.3, -0.25) is 4.90 Å². The maximum Gasteiger partial charge on any atom is 0.410 e. The average Bonchev–Trinajstić information content (AvgIpc) is 3.22. The molecule has 1 saturated heterocycles. The van der Waals surface area contributed by atoms with Crippen LogP contribution < -0.4 is 4.74 Å². The van der Waals surface area contributed by atoms with Crippen molar-refractivity contribution in [2.75, 3.05) is 20.3 Å². The Morgan fingerprint density at radius 3 is 2.61 bits per heavy atom. The van der Waals surface area contributed by atoms with E-state index >= 15 is 0 Å². The highest BCUT2D eigenvalue weighted by Crippen LogP contribution is 2.28. The summed E-state index contributed by atoms with van der Waals surface area (Å²) in [5.74, 6) is 0.213. The number of hydrogen-bond acceptors (Lipinski definition) is 5. The molecule has 6 heteroatoms. The van der Waals surface area contributed by atoms with Gasteiger partial charge in [0.05, 0.1) is 20.3 Å². The number of nitrogens with zero attached hydrogens (tertiary/aromatic N) is 1. The van der Waals surface area contributed by atoms with Gasteiger partial charge in [0.2, 0.25) is 0 Å². The van der Waals surface area contributed by atoms with Crippen molar-refractivity contribution in [3.05, 3.63) is 60.7 Å². The molecule has 0 spiro atoms. The fourth-order valence-electron chi connectivity index (χ4n) is 3.62. The van der Waals surface area contributed by atoms with Gasteiger partial charge in [-0.1, -0.05) is 56.3 Å². The van der Waals surface area contributed by atoms with Crippen molar-refractivity contribution in [3.8, 4) is 16.9 Å². The van der Waals surface area contributed by atoms with E-state index in [-0.39, 0.29) is 12.6 Å². The predicted octanol–water partition coefficient (Wildman–Crippen LogP) is 4.93. The molecule has 2 atom stereocenters. The lowest BCUT2D eigenvalue weighted by molar-refractivity contribution is -0.145. The van der Waals surface area contributed by atoms with Gasteiger partial charge in [0.1, 0.15) is 17.9 Å². The molecular weight excluding hydrogens is 394 g/mol. The van der Waals surface area contributed by atoms with Crippen molar-refractivity contribution in [2.45, 2.75) is 38.3 Å². The first kappa shape index (κ1) is 22.4. The van der Waals surface area contributed by atoms with Gasteiger partial charge in [-0.15, -0.1) is 0 Å². The minimum absolute atomic E-state index is 0.265. The average molecular weight is 424 g/mol. The van der Waals surface area contributed by atoms with Crippen molar-refractivity contribution >= 4 is 18.1 Å². The molecule has 2 unspecified atom stereocenters. The molecule has 0 N–H and O–H groups in total. The van der Waals surface area contributed by atoms with E-state index in [2.05, 4.69) is 12.6 Å². The van der Waals surface area contributed by atoms with Crippen LogP contribution in [0.3, 0.4) is 0 Å². The van der Waals surface area contributed by atoms with E-state index in [9.17, 15) is 9.59 Å². The van der Waals surface area contributed by atoms with Crippen LogP contribution in [0.15, 0.2) is 55.1 Å². The standard InChI is InChI=1S/C25H29NO5/c1-4-6-13-30-25(28)26-17-22(16-23(26)24(27)29-3)31-21-12-8-11-20(15-21)19-10-7-9-18(5-2)14-19/h5,7-12,14-15,22-23H,2,4,6,13,16-17H2,1,3H3. The lowest BCUT2D eigenvalue weighted by atomic mass is 10.0. The third-order valence-electron chi connectivity index (χ3n) is 5.29. The topological polar surface area (TPSA) is 65.1 Å². The second kappa shape index (κ2) is 10.7. The molecule has 0 aliphatic carbocycles. The largest absolute Gasteiger partial charge is 0.488 e. The number of ether oxygens (including phenoxy) is 3. The Bertz CT molecular complexity index is 926. The van der Waals surface area contributed by atoms with Gasteiger partial charge in [0.25, 0.3) is 0 Å². The first-order valence-corrected chi connectivity index (χ1v) is 10.6. The van der Waals surface area contributed by atoms with Crippen LogP contribution in [-0.4, -0.2) is 49.4 Å². The SMILES string of the molecule is C=Cc1cccc(-c2cccc(OC3CC(C(=O)OC)N(C(=O)OCCCC)C3)c2)c1. The molecule has 2 aromatic carbocycles. The van der Waals surface area contributed by atoms with E-state index in [0.717, 1.165) is 29.5 Å². The van der Waals surface area contributed by atoms with Crippen molar-refractivity contribution in [3.63, 3.8) is 0 Å². The van der Waals surface area contributed by atoms with Gasteiger partial charge in [0, 0.05) is 6.42 Å². The quantitative estimate of drug-likeness (QED) is 0.445. The van der Waals surface area contributed by atoms with Crippen molar-refractivity contribution < 1.29 is 23.8 Å². The van der Waals surface area contributed by atoms with E-state index in [1.807, 2.05) is 55.5 Å². The van der Waals surface area contributed by atoms with Gasteiger partial charge in [0.15, 0.2) is 0 Å². The molecule has 1 heterocycles. The Morgan fingerprint density at radius 1 is 1.16 bits per heavy atom. The molecule has 31 heavy (non-hydrogen) atoms. The molecule has 3 rings (SSSR count). The first-order valence-electron chi connectivity index (χ1n) is 10.6. The minimum atomic E-state index is -0.711. The van der Waals surface area contributed by atoms with Crippen LogP contribution in [0.25, 0.3) is 17.2 Å². The lowest BCUT2D eigenvalue weighted by Crippen LogP contribution is -2.41. The van der Waals surface area contributed by atoms with Crippen LogP contribution in [0.5, 0.6) is 5.75 Å². The number of amides is 1. The number of hydrogen-bond donors (Lipinski definition) is 0. The van der Waals surface area contributed by atoms with Crippen LogP contribution in [-0.2, 0) is 14.3 Å². The molecule has 1 aliphatic rings. The molecule has 1 fully saturated rings. The smallest absolute Gasteiger partial charge is 0.410 e. The van der Waals surface area contributed by atoms with Crippen LogP contribution >= 0.6 is 0 Å². The zero-order valence-corrected chi connectivity index (χ0v) is 18.1. The summed E-state index contributed by atoms with van der Waals surface area (Å²) in [4.78, 5) is 26.1. The third kappa shape index (κ3) is 5.66. The number of rotatable bonds is 8. The zero-order valence-electron chi connectivity index (χ0n) is 18.1. The van der Waals surface area contributed by atoms with Gasteiger partial charge in [-0.05, 0) is 41.3 Å². The van der Waals surface area contributed by atoms with Crippen LogP contribution in [0.4, 0.5) is 4.79 Å². The van der Waals surface area contributed by atoms with Crippen LogP contribution in [0.1, 0.15) is 31.7 Å². The fourth-order valence-corrected chi connectivity index (χ4v) is 3.62. The second-order valence-electron chi connectivity index (χ2n) is 7.49. The minimum Gasteiger partial charge on any atom is -0.488 e. The van der Waals surface area contributed by atoms with Gasteiger partial charge in [-0.2, -0.15) is 0 Å². The van der Waals surface area contributed by atoms with E-state index in [1.165, 1.54) is 12.0 Å². The highest BCUT2D eigenvalue weighted by Gasteiger charge is 2.42. The van der Waals surface area contributed by atoms with Crippen LogP contribution in [0, 0.1) is 0 Å². The highest BCUT2D eigenvalue weighted by molar-refractivity contribution is 5.82. The Kier molecular flexibility index (Phi) is 7.70. The van der Waals surface area contributed by atoms with Crippen molar-refractivity contribution in [1.82, 2.24) is 4.90 Å². The molecule has 1 aliphatic heterocycles. The molecule has 2 aromatic rings. The predicted molar refractivity (Wildman–Crippen MR) is 120 cm³/mol. The highest BCUT2D eigenvalue weighted by atomic mass is 16.6. The number of benzene rings is 2. The molecule has 0 aromatic heterocycles. The summed E-state index contributed by atoms with van der Waals surface area (Å²) in [5, 5.41) is 0. The number of carbonyl (C=O) groups is 2. The summed E-state index contributed by atoms with van der Waals surface area (Å²) in [6, 6.07) is 15.1. The Labute approximate surface area is 183 Å². The summed E-state index contributed by atoms with van der Waals surface area (Å²) in [6.45, 7) is 6.44. The van der Waals surface area contributed by atoms with E-state index < -0.39 is 18.1 Å². The molecule has 0 saturated carbocycles. The molecule has 1 amide bonds. The van der Waals surface area contributed by atoms with Crippen LogP contribution in [0.2, 0.25) is 0 Å². The normalized spacial score (nSPS) is 17.8. The third-order valence-corrected chi connectivity index (χ3v) is 5.29. The summed E-state index contributed by atoms with van der Waals surface area (Å²) in [7, 11) is 1.32. The summed E-state index contributed by atoms with van der Waals surface area (Å²) in [5.41, 5.74) is 3.11. The van der Waals surface area contributed by atoms with E-state index in [0.29, 0.717) is 18.8 Å². The maximum absolute atomic E-state index is 12.5. The first-order chi connectivity index (χ1) is 15.0. The van der Waals surface area contributed by atoms with E-state index in [1.54, 1.807) is 0 Å². The number of esters is 1. The van der Waals surface area contributed by atoms with Gasteiger partial charge in [-0.25, -0.2) is 9.59 Å². The van der Waals surface area contributed by atoms with Crippen molar-refractivity contribution in [1.29, 1.82) is 0 Å². The molecule has 6 nitrogen and oxygen atoms in total. The Hall–Kier alpha value is -3.28. The summed E-state index contributed by atoms with van der Waals surface area (Å²) < 4.78 is 16.3. The number of likely N-dealkylation sites (tertiary alicyclic amines) is 1. The Morgan fingerprint density at radius 2 is 1.90 bits per heavy atom. The molecule has 164 valence electrons. The van der Waals surface area contributed by atoms with Gasteiger partial charge >= 0.3 is 12.1 Å². The summed E-state index contributed by atoms with van der Waals surface area (Å²) in [6.07, 6.45) is 3.02. The zero-order chi connectivity index (χ0) is 22.2. The monoisotopic (exact) mass is 423 g/mol. The van der Waals surface area contributed by atoms with E-state index in [4.69, 9.17) is 14.2 Å². The maximum atomic E-state index is 12.5. The number of carbonyl (C=O) groups excluding carboxylic acids is 2. The Balaban J connectivity index is 1.72.